The molecule has 1 aliphatic heterocycles. The Bertz CT molecular complexity index is 827. The number of hydrogen-bond donors (Lipinski definition) is 2. The molecule has 0 aliphatic carbocycles. The van der Waals surface area contributed by atoms with Gasteiger partial charge in [0.25, 0.3) is 5.56 Å². The Morgan fingerprint density at radius 3 is 2.65 bits per heavy atom. The molecule has 2 N–H and O–H groups in total. The maximum atomic E-state index is 12.4. The van der Waals surface area contributed by atoms with E-state index in [0.29, 0.717) is 16.6 Å². The Labute approximate surface area is 138 Å². The Balaban J connectivity index is 2.09. The summed E-state index contributed by atoms with van der Waals surface area (Å²) in [6.07, 6.45) is 0. The molecule has 1 atom stereocenters. The Morgan fingerprint density at radius 2 is 1.96 bits per heavy atom. The van der Waals surface area contributed by atoms with Gasteiger partial charge >= 0.3 is 0 Å². The highest BCUT2D eigenvalue weighted by Gasteiger charge is 2.22. The largest absolute Gasteiger partial charge is 0.325 e. The van der Waals surface area contributed by atoms with Crippen LogP contribution < -0.4 is 10.9 Å². The van der Waals surface area contributed by atoms with E-state index in [1.54, 1.807) is 0 Å². The zero-order valence-electron chi connectivity index (χ0n) is 12.9. The monoisotopic (exact) mass is 327 g/mol. The molecule has 1 unspecified atom stereocenters. The van der Waals surface area contributed by atoms with E-state index in [4.69, 9.17) is 0 Å². The van der Waals surface area contributed by atoms with Crippen LogP contribution in [0.25, 0.3) is 11.1 Å². The third-order valence-electron chi connectivity index (χ3n) is 3.59. The predicted molar refractivity (Wildman–Crippen MR) is 94.1 cm³/mol. The molecule has 1 aliphatic rings. The van der Waals surface area contributed by atoms with E-state index in [0.717, 1.165) is 16.8 Å². The zero-order chi connectivity index (χ0) is 16.4. The van der Waals surface area contributed by atoms with Gasteiger partial charge < -0.3 is 10.3 Å². The molecule has 2 aromatic rings. The summed E-state index contributed by atoms with van der Waals surface area (Å²) in [5.41, 5.74) is 2.50. The van der Waals surface area contributed by atoms with Crippen molar-refractivity contribution >= 4 is 28.5 Å². The molecule has 1 aromatic heterocycles. The average molecular weight is 327 g/mol. The SMILES string of the molecule is Cc1cc(-c2ccccc2)c(N=C2NC(=O)C(C)CS2)c(=O)[nH]1. The maximum Gasteiger partial charge on any atom is 0.274 e. The van der Waals surface area contributed by atoms with Gasteiger partial charge in [0.2, 0.25) is 5.91 Å². The van der Waals surface area contributed by atoms with E-state index in [1.807, 2.05) is 50.2 Å². The number of nitrogens with zero attached hydrogens (tertiary/aromatic N) is 1. The van der Waals surface area contributed by atoms with Crippen LogP contribution in [0.3, 0.4) is 0 Å². The number of carbonyl (C=O) groups excluding carboxylic acids is 1. The number of thioether (sulfide) groups is 1. The lowest BCUT2D eigenvalue weighted by Crippen LogP contribution is -2.39. The lowest BCUT2D eigenvalue weighted by Gasteiger charge is -2.19. The van der Waals surface area contributed by atoms with Crippen molar-refractivity contribution in [3.05, 3.63) is 52.4 Å². The predicted octanol–water partition coefficient (Wildman–Crippen LogP) is 2.84. The van der Waals surface area contributed by atoms with Crippen molar-refractivity contribution in [1.29, 1.82) is 0 Å². The molecular weight excluding hydrogens is 310 g/mol. The molecule has 0 spiro atoms. The number of aromatic nitrogens is 1. The number of aliphatic imine (C=N–C) groups is 1. The van der Waals surface area contributed by atoms with Crippen LogP contribution in [0.2, 0.25) is 0 Å². The average Bonchev–Trinajstić information content (AvgIpc) is 2.54. The number of amides is 1. The number of hydrogen-bond acceptors (Lipinski definition) is 4. The summed E-state index contributed by atoms with van der Waals surface area (Å²) in [5, 5.41) is 3.23. The second kappa shape index (κ2) is 6.42. The number of H-pyrrole nitrogens is 1. The van der Waals surface area contributed by atoms with E-state index >= 15 is 0 Å². The molecule has 1 amide bonds. The van der Waals surface area contributed by atoms with Crippen molar-refractivity contribution in [3.63, 3.8) is 0 Å². The summed E-state index contributed by atoms with van der Waals surface area (Å²) in [4.78, 5) is 31.4. The molecule has 1 saturated heterocycles. The van der Waals surface area contributed by atoms with Gasteiger partial charge in [-0.05, 0) is 18.6 Å². The fourth-order valence-corrected chi connectivity index (χ4v) is 3.22. The lowest BCUT2D eigenvalue weighted by molar-refractivity contribution is -0.122. The topological polar surface area (TPSA) is 74.3 Å². The number of benzene rings is 1. The van der Waals surface area contributed by atoms with Gasteiger partial charge in [-0.3, -0.25) is 9.59 Å². The Kier molecular flexibility index (Phi) is 4.34. The van der Waals surface area contributed by atoms with Gasteiger partial charge in [0.1, 0.15) is 5.69 Å². The van der Waals surface area contributed by atoms with Gasteiger partial charge in [-0.1, -0.05) is 49.0 Å². The van der Waals surface area contributed by atoms with Crippen molar-refractivity contribution in [2.24, 2.45) is 10.9 Å². The molecule has 6 heteroatoms. The van der Waals surface area contributed by atoms with Crippen LogP contribution in [0, 0.1) is 12.8 Å². The summed E-state index contributed by atoms with van der Waals surface area (Å²) in [6.45, 7) is 3.71. The third-order valence-corrected chi connectivity index (χ3v) is 4.72. The minimum Gasteiger partial charge on any atom is -0.325 e. The fraction of sp³-hybridized carbons (Fsp3) is 0.235. The van der Waals surface area contributed by atoms with E-state index in [1.165, 1.54) is 11.8 Å². The fourth-order valence-electron chi connectivity index (χ4n) is 2.34. The van der Waals surface area contributed by atoms with Gasteiger partial charge in [-0.2, -0.15) is 0 Å². The van der Waals surface area contributed by atoms with Gasteiger partial charge in [0.15, 0.2) is 5.17 Å². The van der Waals surface area contributed by atoms with Gasteiger partial charge in [0, 0.05) is 22.9 Å². The van der Waals surface area contributed by atoms with Crippen molar-refractivity contribution < 1.29 is 4.79 Å². The first kappa shape index (κ1) is 15.6. The highest BCUT2D eigenvalue weighted by atomic mass is 32.2. The molecule has 3 rings (SSSR count). The van der Waals surface area contributed by atoms with Crippen LogP contribution in [-0.4, -0.2) is 21.8 Å². The minimum absolute atomic E-state index is 0.0520. The Morgan fingerprint density at radius 1 is 1.22 bits per heavy atom. The number of carbonyl (C=O) groups is 1. The van der Waals surface area contributed by atoms with Crippen LogP contribution in [0.15, 0.2) is 46.2 Å². The lowest BCUT2D eigenvalue weighted by atomic mass is 10.0. The van der Waals surface area contributed by atoms with Gasteiger partial charge in [-0.15, -0.1) is 0 Å². The first-order chi connectivity index (χ1) is 11.0. The molecule has 118 valence electrons. The number of amidine groups is 1. The van der Waals surface area contributed by atoms with Crippen molar-refractivity contribution in [2.75, 3.05) is 5.75 Å². The van der Waals surface area contributed by atoms with Gasteiger partial charge in [0.05, 0.1) is 0 Å². The van der Waals surface area contributed by atoms with E-state index in [-0.39, 0.29) is 17.4 Å². The summed E-state index contributed by atoms with van der Waals surface area (Å²) in [6, 6.07) is 11.5. The smallest absolute Gasteiger partial charge is 0.274 e. The summed E-state index contributed by atoms with van der Waals surface area (Å²) in [5.74, 6) is 0.547. The van der Waals surface area contributed by atoms with Crippen LogP contribution in [0.5, 0.6) is 0 Å². The first-order valence-electron chi connectivity index (χ1n) is 7.36. The van der Waals surface area contributed by atoms with Crippen LogP contribution in [0.4, 0.5) is 5.69 Å². The molecule has 0 radical (unpaired) electrons. The molecular formula is C17H17N3O2S. The number of aromatic amines is 1. The molecule has 1 fully saturated rings. The molecule has 23 heavy (non-hydrogen) atoms. The number of rotatable bonds is 2. The molecule has 0 saturated carbocycles. The number of aryl methyl sites for hydroxylation is 1. The number of nitrogens with one attached hydrogen (secondary N) is 2. The van der Waals surface area contributed by atoms with Crippen LogP contribution >= 0.6 is 11.8 Å². The standard InChI is InChI=1S/C17H17N3O2S/c1-10-9-23-17(20-15(10)21)19-14-13(8-11(2)18-16(14)22)12-6-4-3-5-7-12/h3-8,10H,9H2,1-2H3,(H,18,22)(H,19,20,21). The van der Waals surface area contributed by atoms with Crippen LogP contribution in [-0.2, 0) is 4.79 Å². The van der Waals surface area contributed by atoms with Crippen LogP contribution in [0.1, 0.15) is 12.6 Å². The highest BCUT2D eigenvalue weighted by molar-refractivity contribution is 8.14. The van der Waals surface area contributed by atoms with Crippen molar-refractivity contribution in [1.82, 2.24) is 10.3 Å². The minimum atomic E-state index is -0.259. The van der Waals surface area contributed by atoms with E-state index in [2.05, 4.69) is 15.3 Å². The zero-order valence-corrected chi connectivity index (χ0v) is 13.7. The summed E-state index contributed by atoms with van der Waals surface area (Å²) >= 11 is 1.45. The van der Waals surface area contributed by atoms with Gasteiger partial charge in [-0.25, -0.2) is 4.99 Å². The number of pyridine rings is 1. The Hall–Kier alpha value is -2.34. The molecule has 0 bridgehead atoms. The van der Waals surface area contributed by atoms with Crippen molar-refractivity contribution in [2.45, 2.75) is 13.8 Å². The summed E-state index contributed by atoms with van der Waals surface area (Å²) in [7, 11) is 0. The summed E-state index contributed by atoms with van der Waals surface area (Å²) < 4.78 is 0. The second-order valence-electron chi connectivity index (χ2n) is 5.53. The van der Waals surface area contributed by atoms with E-state index < -0.39 is 0 Å². The quantitative estimate of drug-likeness (QED) is 0.890. The second-order valence-corrected chi connectivity index (χ2v) is 6.54. The molecule has 1 aromatic carbocycles. The first-order valence-corrected chi connectivity index (χ1v) is 8.35. The highest BCUT2D eigenvalue weighted by Crippen LogP contribution is 2.29. The molecule has 5 nitrogen and oxygen atoms in total. The van der Waals surface area contributed by atoms with E-state index in [9.17, 15) is 9.59 Å². The third kappa shape index (κ3) is 3.37. The normalized spacial score (nSPS) is 19.7. The molecule has 2 heterocycles. The van der Waals surface area contributed by atoms with Crippen molar-refractivity contribution in [3.8, 4) is 11.1 Å². The maximum absolute atomic E-state index is 12.4.